The minimum absolute atomic E-state index is 0.0304. The predicted octanol–water partition coefficient (Wildman–Crippen LogP) is 5.41. The Morgan fingerprint density at radius 3 is 2.81 bits per heavy atom. The molecule has 0 atom stereocenters. The van der Waals surface area contributed by atoms with Gasteiger partial charge in [0.05, 0.1) is 48.1 Å². The van der Waals surface area contributed by atoms with Gasteiger partial charge in [-0.3, -0.25) is 14.0 Å². The molecule has 2 aromatic carbocycles. The quantitative estimate of drug-likeness (QED) is 0.285. The summed E-state index contributed by atoms with van der Waals surface area (Å²) >= 11 is 7.45. The first kappa shape index (κ1) is 24.0. The highest BCUT2D eigenvalue weighted by molar-refractivity contribution is 7.25. The Bertz CT molecular complexity index is 1700. The Kier molecular flexibility index (Phi) is 6.14. The van der Waals surface area contributed by atoms with Crippen LogP contribution in [0.1, 0.15) is 29.9 Å². The van der Waals surface area contributed by atoms with Crippen molar-refractivity contribution in [2.24, 2.45) is 0 Å². The van der Waals surface area contributed by atoms with Gasteiger partial charge >= 0.3 is 0 Å². The molecule has 0 bridgehead atoms. The van der Waals surface area contributed by atoms with Crippen LogP contribution < -0.4 is 10.3 Å². The maximum atomic E-state index is 14.1. The fraction of sp³-hybridized carbons (Fsp3) is 0.296. The van der Waals surface area contributed by atoms with Gasteiger partial charge in [-0.2, -0.15) is 5.10 Å². The number of fused-ring (bicyclic) bond motifs is 3. The molecule has 3 aromatic heterocycles. The summed E-state index contributed by atoms with van der Waals surface area (Å²) in [5.41, 5.74) is 2.75. The number of thiophene rings is 1. The van der Waals surface area contributed by atoms with E-state index in [4.69, 9.17) is 26.1 Å². The van der Waals surface area contributed by atoms with E-state index in [0.29, 0.717) is 51.7 Å². The minimum atomic E-state index is -0.171. The second-order valence-electron chi connectivity index (χ2n) is 9.21. The van der Waals surface area contributed by atoms with E-state index in [2.05, 4.69) is 5.10 Å². The van der Waals surface area contributed by atoms with E-state index in [9.17, 15) is 9.90 Å². The van der Waals surface area contributed by atoms with Crippen LogP contribution in [0, 0.1) is 0 Å². The van der Waals surface area contributed by atoms with Crippen molar-refractivity contribution in [3.05, 3.63) is 69.2 Å². The Labute approximate surface area is 221 Å². The molecule has 37 heavy (non-hydrogen) atoms. The van der Waals surface area contributed by atoms with Gasteiger partial charge in [0.25, 0.3) is 5.56 Å². The first-order valence-corrected chi connectivity index (χ1v) is 13.2. The van der Waals surface area contributed by atoms with Crippen molar-refractivity contribution in [2.45, 2.75) is 31.8 Å². The summed E-state index contributed by atoms with van der Waals surface area (Å²) in [5, 5.41) is 16.4. The van der Waals surface area contributed by atoms with Crippen LogP contribution in [0.15, 0.2) is 47.5 Å². The number of nitrogens with zero attached hydrogens (tertiary/aromatic N) is 4. The molecule has 6 rings (SSSR count). The Morgan fingerprint density at radius 2 is 2.05 bits per heavy atom. The SMILES string of the molecule is COCCn1cc(Cn2c(-c3ccc(OC)cc3C3CC3)nc3sc4c(O)c(Cl)ccc4c3c2=O)cn1. The van der Waals surface area contributed by atoms with E-state index in [0.717, 1.165) is 35.3 Å². The van der Waals surface area contributed by atoms with Crippen LogP contribution in [0.4, 0.5) is 0 Å². The van der Waals surface area contributed by atoms with E-state index in [-0.39, 0.29) is 16.3 Å². The second-order valence-corrected chi connectivity index (χ2v) is 10.6. The molecule has 0 aliphatic heterocycles. The molecule has 1 saturated carbocycles. The largest absolute Gasteiger partial charge is 0.505 e. The zero-order valence-corrected chi connectivity index (χ0v) is 22.0. The number of benzene rings is 2. The standard InChI is InChI=1S/C27H25ClN4O4S/c1-35-10-9-31-13-15(12-29-31)14-32-25(18-6-5-17(36-2)11-20(18)16-3-4-16)30-26-22(27(32)34)19-7-8-21(28)23(33)24(19)37-26/h5-8,11-13,16,33H,3-4,9-10,14H2,1-2H3. The molecule has 10 heteroatoms. The van der Waals surface area contributed by atoms with E-state index in [1.165, 1.54) is 11.3 Å². The summed E-state index contributed by atoms with van der Waals surface area (Å²) < 4.78 is 14.7. The van der Waals surface area contributed by atoms with Crippen LogP contribution in [-0.4, -0.2) is 45.3 Å². The average molecular weight is 537 g/mol. The number of aromatic hydroxyl groups is 1. The monoisotopic (exact) mass is 536 g/mol. The lowest BCUT2D eigenvalue weighted by molar-refractivity contribution is 0.183. The molecule has 1 aliphatic carbocycles. The van der Waals surface area contributed by atoms with Crippen molar-refractivity contribution in [1.82, 2.24) is 19.3 Å². The summed E-state index contributed by atoms with van der Waals surface area (Å²) in [6.07, 6.45) is 5.87. The zero-order valence-electron chi connectivity index (χ0n) is 20.4. The maximum Gasteiger partial charge on any atom is 0.263 e. The molecule has 0 radical (unpaired) electrons. The first-order chi connectivity index (χ1) is 18.0. The molecule has 5 aromatic rings. The Balaban J connectivity index is 1.59. The van der Waals surface area contributed by atoms with Crippen molar-refractivity contribution in [3.8, 4) is 22.9 Å². The minimum Gasteiger partial charge on any atom is -0.505 e. The lowest BCUT2D eigenvalue weighted by Crippen LogP contribution is -2.24. The molecule has 0 amide bonds. The van der Waals surface area contributed by atoms with Crippen LogP contribution in [0.5, 0.6) is 11.5 Å². The van der Waals surface area contributed by atoms with Crippen LogP contribution in [0.3, 0.4) is 0 Å². The number of aromatic nitrogens is 4. The third-order valence-corrected chi connectivity index (χ3v) is 8.17. The Morgan fingerprint density at radius 1 is 1.22 bits per heavy atom. The molecular weight excluding hydrogens is 512 g/mol. The molecule has 3 heterocycles. The summed E-state index contributed by atoms with van der Waals surface area (Å²) in [4.78, 5) is 19.7. The Hall–Kier alpha value is -3.40. The highest BCUT2D eigenvalue weighted by Crippen LogP contribution is 2.46. The molecule has 8 nitrogen and oxygen atoms in total. The molecule has 1 aliphatic rings. The number of hydrogen-bond donors (Lipinski definition) is 1. The van der Waals surface area contributed by atoms with Crippen molar-refractivity contribution >= 4 is 43.2 Å². The van der Waals surface area contributed by atoms with Crippen LogP contribution in [0.25, 0.3) is 31.7 Å². The topological polar surface area (TPSA) is 91.4 Å². The summed E-state index contributed by atoms with van der Waals surface area (Å²) in [5.74, 6) is 1.75. The van der Waals surface area contributed by atoms with Gasteiger partial charge in [0.1, 0.15) is 16.4 Å². The fourth-order valence-electron chi connectivity index (χ4n) is 4.72. The number of halogens is 1. The van der Waals surface area contributed by atoms with E-state index >= 15 is 0 Å². The smallest absolute Gasteiger partial charge is 0.263 e. The molecule has 0 unspecified atom stereocenters. The molecular formula is C27H25ClN4O4S. The van der Waals surface area contributed by atoms with E-state index < -0.39 is 0 Å². The molecule has 1 fully saturated rings. The van der Waals surface area contributed by atoms with Crippen molar-refractivity contribution < 1.29 is 14.6 Å². The number of ether oxygens (including phenoxy) is 2. The van der Waals surface area contributed by atoms with Gasteiger partial charge in [-0.05, 0) is 48.6 Å². The third kappa shape index (κ3) is 4.27. The number of rotatable bonds is 8. The third-order valence-electron chi connectivity index (χ3n) is 6.76. The van der Waals surface area contributed by atoms with Gasteiger partial charge in [-0.1, -0.05) is 17.7 Å². The van der Waals surface area contributed by atoms with Crippen molar-refractivity contribution in [3.63, 3.8) is 0 Å². The van der Waals surface area contributed by atoms with Crippen LogP contribution >= 0.6 is 22.9 Å². The molecule has 190 valence electrons. The van der Waals surface area contributed by atoms with Gasteiger partial charge < -0.3 is 14.6 Å². The van der Waals surface area contributed by atoms with E-state index in [1.54, 1.807) is 41.8 Å². The van der Waals surface area contributed by atoms with Crippen LogP contribution in [-0.2, 0) is 17.8 Å². The van der Waals surface area contributed by atoms with Crippen molar-refractivity contribution in [2.75, 3.05) is 20.8 Å². The fourth-order valence-corrected chi connectivity index (χ4v) is 6.04. The van der Waals surface area contributed by atoms with Gasteiger partial charge in [-0.15, -0.1) is 11.3 Å². The summed E-state index contributed by atoms with van der Waals surface area (Å²) in [6.45, 7) is 1.47. The summed E-state index contributed by atoms with van der Waals surface area (Å²) in [6, 6.07) is 9.32. The van der Waals surface area contributed by atoms with Gasteiger partial charge in [0.15, 0.2) is 5.75 Å². The highest BCUT2D eigenvalue weighted by Gasteiger charge is 2.29. The van der Waals surface area contributed by atoms with Gasteiger partial charge in [-0.25, -0.2) is 4.98 Å². The number of phenolic OH excluding ortho intramolecular Hbond substituents is 1. The van der Waals surface area contributed by atoms with Crippen LogP contribution in [0.2, 0.25) is 5.02 Å². The number of phenols is 1. The van der Waals surface area contributed by atoms with Gasteiger partial charge in [0.2, 0.25) is 0 Å². The average Bonchev–Trinajstić information content (AvgIpc) is 3.54. The summed E-state index contributed by atoms with van der Waals surface area (Å²) in [7, 11) is 3.31. The molecule has 0 spiro atoms. The highest BCUT2D eigenvalue weighted by atomic mass is 35.5. The molecule has 1 N–H and O–H groups in total. The van der Waals surface area contributed by atoms with Crippen molar-refractivity contribution in [1.29, 1.82) is 0 Å². The van der Waals surface area contributed by atoms with E-state index in [1.807, 2.05) is 24.4 Å². The second kappa shape index (κ2) is 9.48. The number of methoxy groups -OCH3 is 2. The van der Waals surface area contributed by atoms with Gasteiger partial charge in [0, 0.05) is 29.8 Å². The normalized spacial score (nSPS) is 13.6. The molecule has 0 saturated heterocycles. The maximum absolute atomic E-state index is 14.1. The zero-order chi connectivity index (χ0) is 25.7. The lowest BCUT2D eigenvalue weighted by Gasteiger charge is -2.16. The number of hydrogen-bond acceptors (Lipinski definition) is 7. The predicted molar refractivity (Wildman–Crippen MR) is 145 cm³/mol. The first-order valence-electron chi connectivity index (χ1n) is 12.0. The lowest BCUT2D eigenvalue weighted by atomic mass is 10.0.